The molecule has 1 aromatic carbocycles. The quantitative estimate of drug-likeness (QED) is 0.811. The third-order valence-corrected chi connectivity index (χ3v) is 3.02. The van der Waals surface area contributed by atoms with Crippen LogP contribution in [0.4, 0.5) is 5.69 Å². The molecule has 0 unspecified atom stereocenters. The third kappa shape index (κ3) is 3.36. The number of nitrogens with one attached hydrogen (secondary N) is 1. The molecule has 96 valence electrons. The van der Waals surface area contributed by atoms with Crippen molar-refractivity contribution < 1.29 is 23.1 Å². The van der Waals surface area contributed by atoms with E-state index in [1.807, 2.05) is 4.72 Å². The van der Waals surface area contributed by atoms with Gasteiger partial charge in [0.25, 0.3) is 0 Å². The molecule has 1 rings (SSSR count). The minimum Gasteiger partial charge on any atom is -0.497 e. The summed E-state index contributed by atoms with van der Waals surface area (Å²) in [5.74, 6) is -1.77. The normalized spacial score (nSPS) is 10.4. The second-order valence-corrected chi connectivity index (χ2v) is 4.96. The number of aromatic carboxylic acids is 1. The average Bonchev–Trinajstić information content (AvgIpc) is 2.28. The van der Waals surface area contributed by atoms with E-state index in [0.717, 1.165) is 0 Å². The van der Waals surface area contributed by atoms with Gasteiger partial charge in [-0.3, -0.25) is 4.72 Å². The molecule has 0 bridgehead atoms. The Hall–Kier alpha value is -2.27. The highest BCUT2D eigenvalue weighted by Gasteiger charge is 2.16. The van der Waals surface area contributed by atoms with Crippen molar-refractivity contribution in [3.05, 3.63) is 23.8 Å². The van der Waals surface area contributed by atoms with E-state index in [-0.39, 0.29) is 17.0 Å². The molecule has 1 aromatic rings. The van der Waals surface area contributed by atoms with Crippen LogP contribution >= 0.6 is 0 Å². The van der Waals surface area contributed by atoms with Crippen LogP contribution in [0.15, 0.2) is 18.2 Å². The number of carboxylic acid groups (broad SMARTS) is 1. The maximum Gasteiger partial charge on any atom is 0.337 e. The van der Waals surface area contributed by atoms with Crippen molar-refractivity contribution in [2.24, 2.45) is 0 Å². The number of nitrogens with zero attached hydrogens (tertiary/aromatic N) is 1. The van der Waals surface area contributed by atoms with Crippen LogP contribution in [0, 0.1) is 11.3 Å². The van der Waals surface area contributed by atoms with E-state index in [1.54, 1.807) is 0 Å². The van der Waals surface area contributed by atoms with Crippen LogP contribution in [0.3, 0.4) is 0 Å². The minimum atomic E-state index is -3.88. The second kappa shape index (κ2) is 5.37. The largest absolute Gasteiger partial charge is 0.497 e. The molecule has 0 spiro atoms. The summed E-state index contributed by atoms with van der Waals surface area (Å²) in [6.45, 7) is 0. The van der Waals surface area contributed by atoms with Gasteiger partial charge in [-0.05, 0) is 18.2 Å². The van der Waals surface area contributed by atoms with E-state index in [2.05, 4.69) is 0 Å². The Kier molecular flexibility index (Phi) is 4.12. The highest BCUT2D eigenvalue weighted by atomic mass is 32.2. The fraction of sp³-hybridized carbons (Fsp3) is 0.200. The molecule has 0 heterocycles. The smallest absolute Gasteiger partial charge is 0.337 e. The van der Waals surface area contributed by atoms with Crippen LogP contribution < -0.4 is 9.46 Å². The van der Waals surface area contributed by atoms with Crippen LogP contribution in [0.1, 0.15) is 10.4 Å². The lowest BCUT2D eigenvalue weighted by atomic mass is 10.2. The Morgan fingerprint density at radius 2 is 2.22 bits per heavy atom. The van der Waals surface area contributed by atoms with Crippen molar-refractivity contribution in [1.82, 2.24) is 0 Å². The summed E-state index contributed by atoms with van der Waals surface area (Å²) in [6, 6.07) is 5.34. The zero-order chi connectivity index (χ0) is 13.8. The maximum absolute atomic E-state index is 11.4. The monoisotopic (exact) mass is 270 g/mol. The second-order valence-electron chi connectivity index (χ2n) is 3.24. The Balaban J connectivity index is 3.18. The molecule has 0 fully saturated rings. The molecule has 0 aliphatic carbocycles. The van der Waals surface area contributed by atoms with Crippen LogP contribution in [0.2, 0.25) is 0 Å². The molecule has 0 aromatic heterocycles. The SMILES string of the molecule is COc1ccc(NS(=O)(=O)CC#N)c(C(=O)O)c1. The fourth-order valence-electron chi connectivity index (χ4n) is 1.20. The zero-order valence-corrected chi connectivity index (χ0v) is 10.2. The summed E-state index contributed by atoms with van der Waals surface area (Å²) in [5.41, 5.74) is -0.366. The molecule has 0 aliphatic rings. The van der Waals surface area contributed by atoms with E-state index in [0.29, 0.717) is 0 Å². The third-order valence-electron chi connectivity index (χ3n) is 1.98. The van der Waals surface area contributed by atoms with Crippen LogP contribution in [-0.4, -0.2) is 32.4 Å². The number of methoxy groups -OCH3 is 1. The number of carboxylic acids is 1. The van der Waals surface area contributed by atoms with Gasteiger partial charge in [-0.25, -0.2) is 13.2 Å². The average molecular weight is 270 g/mol. The number of carbonyl (C=O) groups is 1. The Morgan fingerprint density at radius 1 is 1.56 bits per heavy atom. The molecule has 0 saturated heterocycles. The molecule has 7 nitrogen and oxygen atoms in total. The first-order chi connectivity index (χ1) is 8.39. The molecule has 8 heteroatoms. The number of rotatable bonds is 5. The van der Waals surface area contributed by atoms with Gasteiger partial charge in [0.05, 0.1) is 24.4 Å². The number of hydrogen-bond donors (Lipinski definition) is 2. The van der Waals surface area contributed by atoms with Crippen molar-refractivity contribution in [3.63, 3.8) is 0 Å². The number of hydrogen-bond acceptors (Lipinski definition) is 5. The summed E-state index contributed by atoms with van der Waals surface area (Å²) in [4.78, 5) is 11.0. The van der Waals surface area contributed by atoms with Crippen molar-refractivity contribution in [2.45, 2.75) is 0 Å². The van der Waals surface area contributed by atoms with Crippen LogP contribution in [0.5, 0.6) is 5.75 Å². The molecule has 2 N–H and O–H groups in total. The molecule has 0 radical (unpaired) electrons. The van der Waals surface area contributed by atoms with Crippen molar-refractivity contribution >= 4 is 21.7 Å². The number of nitriles is 1. The number of anilines is 1. The van der Waals surface area contributed by atoms with Gasteiger partial charge in [-0.1, -0.05) is 0 Å². The van der Waals surface area contributed by atoms with Gasteiger partial charge in [-0.2, -0.15) is 5.26 Å². The number of ether oxygens (including phenoxy) is 1. The molecule has 0 saturated carbocycles. The number of sulfonamides is 1. The van der Waals surface area contributed by atoms with Crippen LogP contribution in [-0.2, 0) is 10.0 Å². The zero-order valence-electron chi connectivity index (χ0n) is 9.37. The highest BCUT2D eigenvalue weighted by molar-refractivity contribution is 7.92. The molecular weight excluding hydrogens is 260 g/mol. The standard InChI is InChI=1S/C10H10N2O5S/c1-17-7-2-3-9(8(6-7)10(13)14)12-18(15,16)5-4-11/h2-3,6,12H,5H2,1H3,(H,13,14). The Bertz CT molecular complexity index is 603. The first kappa shape index (κ1) is 13.8. The summed E-state index contributed by atoms with van der Waals surface area (Å²) in [7, 11) is -2.51. The van der Waals surface area contributed by atoms with Gasteiger partial charge >= 0.3 is 5.97 Å². The van der Waals surface area contributed by atoms with Gasteiger partial charge in [0.1, 0.15) is 5.75 Å². The first-order valence-electron chi connectivity index (χ1n) is 4.68. The van der Waals surface area contributed by atoms with E-state index in [1.165, 1.54) is 31.4 Å². The predicted molar refractivity (Wildman–Crippen MR) is 63.0 cm³/mol. The van der Waals surface area contributed by atoms with E-state index in [4.69, 9.17) is 15.1 Å². The first-order valence-corrected chi connectivity index (χ1v) is 6.33. The lowest BCUT2D eigenvalue weighted by Crippen LogP contribution is -2.17. The summed E-state index contributed by atoms with van der Waals surface area (Å²) < 4.78 is 29.6. The van der Waals surface area contributed by atoms with Gasteiger partial charge < -0.3 is 9.84 Å². The molecule has 0 aliphatic heterocycles. The summed E-state index contributed by atoms with van der Waals surface area (Å²) in [6.07, 6.45) is 0. The van der Waals surface area contributed by atoms with Gasteiger partial charge in [0.15, 0.2) is 5.75 Å². The van der Waals surface area contributed by atoms with Crippen molar-refractivity contribution in [3.8, 4) is 11.8 Å². The Labute approximate surface area is 104 Å². The van der Waals surface area contributed by atoms with E-state index < -0.39 is 21.7 Å². The summed E-state index contributed by atoms with van der Waals surface area (Å²) >= 11 is 0. The molecular formula is C10H10N2O5S. The maximum atomic E-state index is 11.4. The highest BCUT2D eigenvalue weighted by Crippen LogP contribution is 2.23. The summed E-state index contributed by atoms with van der Waals surface area (Å²) in [5, 5.41) is 17.3. The lowest BCUT2D eigenvalue weighted by Gasteiger charge is -2.09. The molecule has 0 atom stereocenters. The number of benzene rings is 1. The fourth-order valence-corrected chi connectivity index (χ4v) is 1.96. The van der Waals surface area contributed by atoms with E-state index in [9.17, 15) is 13.2 Å². The lowest BCUT2D eigenvalue weighted by molar-refractivity contribution is 0.0697. The van der Waals surface area contributed by atoms with Gasteiger partial charge in [-0.15, -0.1) is 0 Å². The molecule has 18 heavy (non-hydrogen) atoms. The minimum absolute atomic E-state index is 0.112. The van der Waals surface area contributed by atoms with E-state index >= 15 is 0 Å². The Morgan fingerprint density at radius 3 is 2.72 bits per heavy atom. The van der Waals surface area contributed by atoms with Gasteiger partial charge in [0.2, 0.25) is 10.0 Å². The van der Waals surface area contributed by atoms with Crippen molar-refractivity contribution in [1.29, 1.82) is 5.26 Å². The van der Waals surface area contributed by atoms with Crippen LogP contribution in [0.25, 0.3) is 0 Å². The predicted octanol–water partition coefficient (Wildman–Crippen LogP) is 0.659. The topological polar surface area (TPSA) is 116 Å². The van der Waals surface area contributed by atoms with Gasteiger partial charge in [0, 0.05) is 0 Å². The molecule has 0 amide bonds. The van der Waals surface area contributed by atoms with Crippen molar-refractivity contribution in [2.75, 3.05) is 17.6 Å².